The maximum absolute atomic E-state index is 13.3. The first-order chi connectivity index (χ1) is 13.3. The molecule has 1 aromatic carbocycles. The molecule has 1 amide bonds. The molecule has 0 aromatic heterocycles. The fraction of sp³-hybridized carbons (Fsp3) is 0.474. The van der Waals surface area contributed by atoms with E-state index in [0.29, 0.717) is 17.1 Å². The quantitative estimate of drug-likeness (QED) is 0.752. The summed E-state index contributed by atoms with van der Waals surface area (Å²) in [6.45, 7) is 4.12. The summed E-state index contributed by atoms with van der Waals surface area (Å²) in [6.07, 6.45) is 4.41. The number of hydrogen-bond donors (Lipinski definition) is 0. The van der Waals surface area contributed by atoms with Crippen molar-refractivity contribution < 1.29 is 22.7 Å². The zero-order valence-electron chi connectivity index (χ0n) is 16.1. The predicted octanol–water partition coefficient (Wildman–Crippen LogP) is 2.07. The molecule has 28 heavy (non-hydrogen) atoms. The first-order valence-electron chi connectivity index (χ1n) is 9.31. The van der Waals surface area contributed by atoms with Crippen LogP contribution in [0.25, 0.3) is 0 Å². The van der Waals surface area contributed by atoms with Crippen LogP contribution in [0.15, 0.2) is 34.4 Å². The number of rotatable bonds is 2. The Labute approximate surface area is 164 Å². The van der Waals surface area contributed by atoms with Gasteiger partial charge in [-0.05, 0) is 57.4 Å². The van der Waals surface area contributed by atoms with Gasteiger partial charge in [-0.1, -0.05) is 0 Å². The molecule has 0 spiro atoms. The van der Waals surface area contributed by atoms with Gasteiger partial charge in [-0.25, -0.2) is 4.31 Å². The smallest absolute Gasteiger partial charge is 0.345 e. The van der Waals surface area contributed by atoms with Crippen LogP contribution in [-0.2, 0) is 15.0 Å². The van der Waals surface area contributed by atoms with Crippen molar-refractivity contribution in [3.05, 3.63) is 35.5 Å². The second kappa shape index (κ2) is 6.80. The lowest BCUT2D eigenvalue weighted by molar-refractivity contribution is -0.134. The third-order valence-corrected chi connectivity index (χ3v) is 6.80. The second-order valence-corrected chi connectivity index (χ2v) is 8.99. The van der Waals surface area contributed by atoms with Gasteiger partial charge in [0.25, 0.3) is 5.91 Å². The molecule has 4 rings (SSSR count). The van der Waals surface area contributed by atoms with Gasteiger partial charge in [0.05, 0.1) is 5.71 Å². The molecule has 8 nitrogen and oxygen atoms in total. The molecule has 0 N–H and O–H groups in total. The highest BCUT2D eigenvalue weighted by atomic mass is 32.2. The van der Waals surface area contributed by atoms with E-state index in [1.54, 1.807) is 23.1 Å². The maximum atomic E-state index is 13.3. The Hall–Kier alpha value is -2.55. The minimum absolute atomic E-state index is 0.0566. The van der Waals surface area contributed by atoms with Crippen LogP contribution in [0.4, 0.5) is 0 Å². The molecule has 0 unspecified atom stereocenters. The monoisotopic (exact) mass is 405 g/mol. The van der Waals surface area contributed by atoms with E-state index in [9.17, 15) is 13.2 Å². The maximum Gasteiger partial charge on any atom is 0.345 e. The molecule has 3 aliphatic heterocycles. The van der Waals surface area contributed by atoms with Crippen LogP contribution in [0.3, 0.4) is 0 Å². The van der Waals surface area contributed by atoms with Gasteiger partial charge in [0.1, 0.15) is 5.70 Å². The van der Waals surface area contributed by atoms with Crippen LogP contribution in [0, 0.1) is 0 Å². The molecule has 3 heterocycles. The SMILES string of the molecule is C[C@@H]1CCC[C@H](C)N1C(=O)C1=CC(c2ccc3c(c2)OCO3)=NS(=O)(=O)N1C. The number of nitrogens with zero attached hydrogens (tertiary/aromatic N) is 3. The van der Waals surface area contributed by atoms with Gasteiger partial charge in [-0.2, -0.15) is 8.42 Å². The standard InChI is InChI=1S/C19H23N3O5S/c1-12-5-4-6-13(2)22(12)19(23)16-10-15(20-28(24,25)21(16)3)14-7-8-17-18(9-14)27-11-26-17/h7-10,12-13H,4-6,11H2,1-3H3/t12-,13+. The van der Waals surface area contributed by atoms with E-state index in [4.69, 9.17) is 9.47 Å². The minimum atomic E-state index is -4.01. The number of piperidine rings is 1. The zero-order chi connectivity index (χ0) is 20.1. The summed E-state index contributed by atoms with van der Waals surface area (Å²) < 4.78 is 40.8. The van der Waals surface area contributed by atoms with E-state index in [1.165, 1.54) is 13.1 Å². The number of amides is 1. The van der Waals surface area contributed by atoms with Gasteiger partial charge in [-0.3, -0.25) is 4.79 Å². The molecular formula is C19H23N3O5S. The average molecular weight is 405 g/mol. The fourth-order valence-electron chi connectivity index (χ4n) is 3.90. The molecule has 0 radical (unpaired) electrons. The number of likely N-dealkylation sites (N-methyl/N-ethyl adjacent to an activating group) is 1. The van der Waals surface area contributed by atoms with E-state index in [2.05, 4.69) is 4.40 Å². The Morgan fingerprint density at radius 2 is 1.82 bits per heavy atom. The van der Waals surface area contributed by atoms with Gasteiger partial charge < -0.3 is 14.4 Å². The van der Waals surface area contributed by atoms with Gasteiger partial charge in [0, 0.05) is 24.7 Å². The molecule has 1 aromatic rings. The summed E-state index contributed by atoms with van der Waals surface area (Å²) >= 11 is 0. The molecule has 3 aliphatic rings. The Bertz CT molecular complexity index is 975. The number of benzene rings is 1. The summed E-state index contributed by atoms with van der Waals surface area (Å²) in [6, 6.07) is 5.20. The van der Waals surface area contributed by atoms with Gasteiger partial charge >= 0.3 is 10.2 Å². The summed E-state index contributed by atoms with van der Waals surface area (Å²) in [5.74, 6) is 0.825. The van der Waals surface area contributed by atoms with E-state index in [0.717, 1.165) is 23.6 Å². The molecule has 0 saturated carbocycles. The van der Waals surface area contributed by atoms with Crippen LogP contribution in [0.1, 0.15) is 38.7 Å². The van der Waals surface area contributed by atoms with Crippen molar-refractivity contribution in [2.24, 2.45) is 4.40 Å². The lowest BCUT2D eigenvalue weighted by Crippen LogP contribution is -2.50. The van der Waals surface area contributed by atoms with Crippen LogP contribution in [0.2, 0.25) is 0 Å². The topological polar surface area (TPSA) is 88.5 Å². The summed E-state index contributed by atoms with van der Waals surface area (Å²) in [4.78, 5) is 15.1. The molecule has 1 fully saturated rings. The van der Waals surface area contributed by atoms with Crippen molar-refractivity contribution in [1.82, 2.24) is 9.21 Å². The van der Waals surface area contributed by atoms with Crippen molar-refractivity contribution in [1.29, 1.82) is 0 Å². The van der Waals surface area contributed by atoms with E-state index >= 15 is 0 Å². The second-order valence-electron chi connectivity index (χ2n) is 7.36. The normalized spacial score (nSPS) is 26.0. The highest BCUT2D eigenvalue weighted by Crippen LogP contribution is 2.34. The Balaban J connectivity index is 1.74. The number of carbonyl (C=O) groups is 1. The Kier molecular flexibility index (Phi) is 4.57. The molecule has 2 atom stereocenters. The first-order valence-corrected chi connectivity index (χ1v) is 10.7. The number of ether oxygens (including phenoxy) is 2. The number of carbonyl (C=O) groups excluding carboxylic acids is 1. The van der Waals surface area contributed by atoms with E-state index in [1.807, 2.05) is 13.8 Å². The third-order valence-electron chi connectivity index (χ3n) is 5.49. The third kappa shape index (κ3) is 3.13. The summed E-state index contributed by atoms with van der Waals surface area (Å²) in [5, 5.41) is 0. The number of fused-ring (bicyclic) bond motifs is 1. The predicted molar refractivity (Wildman–Crippen MR) is 103 cm³/mol. The Morgan fingerprint density at radius 3 is 2.54 bits per heavy atom. The lowest BCUT2D eigenvalue weighted by atomic mass is 9.97. The highest BCUT2D eigenvalue weighted by molar-refractivity contribution is 7.88. The summed E-state index contributed by atoms with van der Waals surface area (Å²) in [5.41, 5.74) is 0.853. The van der Waals surface area contributed by atoms with E-state index < -0.39 is 10.2 Å². The van der Waals surface area contributed by atoms with Crippen LogP contribution >= 0.6 is 0 Å². The van der Waals surface area contributed by atoms with Gasteiger partial charge in [0.15, 0.2) is 11.5 Å². The molecular weight excluding hydrogens is 382 g/mol. The van der Waals surface area contributed by atoms with Crippen molar-refractivity contribution >= 4 is 21.8 Å². The average Bonchev–Trinajstić information content (AvgIpc) is 3.11. The van der Waals surface area contributed by atoms with Gasteiger partial charge in [-0.15, -0.1) is 4.40 Å². The Morgan fingerprint density at radius 1 is 1.14 bits per heavy atom. The number of allylic oxidation sites excluding steroid dienone is 1. The van der Waals surface area contributed by atoms with Crippen LogP contribution < -0.4 is 9.47 Å². The van der Waals surface area contributed by atoms with Crippen molar-refractivity contribution in [2.75, 3.05) is 13.8 Å². The molecule has 1 saturated heterocycles. The molecule has 9 heteroatoms. The minimum Gasteiger partial charge on any atom is -0.454 e. The van der Waals surface area contributed by atoms with Gasteiger partial charge in [0.2, 0.25) is 6.79 Å². The van der Waals surface area contributed by atoms with E-state index in [-0.39, 0.29) is 36.2 Å². The zero-order valence-corrected chi connectivity index (χ0v) is 16.9. The lowest BCUT2D eigenvalue weighted by Gasteiger charge is -2.40. The number of likely N-dealkylation sites (tertiary alicyclic amines) is 1. The first kappa shape index (κ1) is 18.8. The molecule has 150 valence electrons. The van der Waals surface area contributed by atoms with Crippen LogP contribution in [-0.4, -0.2) is 55.2 Å². The van der Waals surface area contributed by atoms with Crippen molar-refractivity contribution in [2.45, 2.75) is 45.2 Å². The summed E-state index contributed by atoms with van der Waals surface area (Å²) in [7, 11) is -2.65. The van der Waals surface area contributed by atoms with Crippen molar-refractivity contribution in [3.8, 4) is 11.5 Å². The molecule has 0 aliphatic carbocycles. The molecule has 0 bridgehead atoms. The number of hydrogen-bond acceptors (Lipinski definition) is 5. The van der Waals surface area contributed by atoms with Crippen molar-refractivity contribution in [3.63, 3.8) is 0 Å². The largest absolute Gasteiger partial charge is 0.454 e. The highest BCUT2D eigenvalue weighted by Gasteiger charge is 2.37. The van der Waals surface area contributed by atoms with Crippen LogP contribution in [0.5, 0.6) is 11.5 Å². The fourth-order valence-corrected chi connectivity index (χ4v) is 4.81.